The Bertz CT molecular complexity index is 357. The van der Waals surface area contributed by atoms with Crippen LogP contribution in [0, 0.1) is 0 Å². The van der Waals surface area contributed by atoms with E-state index in [2.05, 4.69) is 10.6 Å². The molecule has 0 aromatic carbocycles. The van der Waals surface area contributed by atoms with Crippen LogP contribution in [0.1, 0.15) is 47.0 Å². The summed E-state index contributed by atoms with van der Waals surface area (Å²) in [7, 11) is 0. The summed E-state index contributed by atoms with van der Waals surface area (Å²) in [5.74, 6) is -1.03. The van der Waals surface area contributed by atoms with Crippen LogP contribution >= 0.6 is 0 Å². The number of urea groups is 1. The van der Waals surface area contributed by atoms with E-state index in [1.807, 2.05) is 13.8 Å². The van der Waals surface area contributed by atoms with Crippen molar-refractivity contribution >= 4 is 12.0 Å². The molecule has 0 aromatic heterocycles. The first-order valence-corrected chi connectivity index (χ1v) is 6.64. The SMILES string of the molecule is CCC(C)(NC(=O)NC1CCOC(C)(C)C1)C(=O)O. The Morgan fingerprint density at radius 2 is 2.11 bits per heavy atom. The molecule has 2 amide bonds. The van der Waals surface area contributed by atoms with Crippen LogP contribution in [0.2, 0.25) is 0 Å². The van der Waals surface area contributed by atoms with Gasteiger partial charge in [-0.25, -0.2) is 9.59 Å². The first-order valence-electron chi connectivity index (χ1n) is 6.64. The first-order chi connectivity index (χ1) is 8.68. The number of hydrogen-bond acceptors (Lipinski definition) is 3. The Morgan fingerprint density at radius 1 is 1.47 bits per heavy atom. The van der Waals surface area contributed by atoms with Crippen molar-refractivity contribution in [2.24, 2.45) is 0 Å². The Labute approximate surface area is 113 Å². The maximum Gasteiger partial charge on any atom is 0.329 e. The first kappa shape index (κ1) is 15.8. The van der Waals surface area contributed by atoms with Gasteiger partial charge in [-0.05, 0) is 40.0 Å². The molecule has 1 heterocycles. The molecule has 0 radical (unpaired) electrons. The van der Waals surface area contributed by atoms with Gasteiger partial charge in [-0.2, -0.15) is 0 Å². The lowest BCUT2D eigenvalue weighted by Gasteiger charge is -2.36. The second kappa shape index (κ2) is 5.77. The third kappa shape index (κ3) is 4.38. The van der Waals surface area contributed by atoms with Crippen LogP contribution in [-0.2, 0) is 9.53 Å². The lowest BCUT2D eigenvalue weighted by molar-refractivity contribution is -0.143. The van der Waals surface area contributed by atoms with E-state index in [1.165, 1.54) is 6.92 Å². The molecular weight excluding hydrogens is 248 g/mol. The van der Waals surface area contributed by atoms with Crippen molar-refractivity contribution in [2.45, 2.75) is 64.1 Å². The van der Waals surface area contributed by atoms with Gasteiger partial charge in [0.2, 0.25) is 0 Å². The predicted octanol–water partition coefficient (Wildman–Crippen LogP) is 1.50. The van der Waals surface area contributed by atoms with Crippen molar-refractivity contribution in [3.63, 3.8) is 0 Å². The van der Waals surface area contributed by atoms with E-state index in [1.54, 1.807) is 6.92 Å². The van der Waals surface area contributed by atoms with Gasteiger partial charge in [0.05, 0.1) is 5.60 Å². The number of carbonyl (C=O) groups is 2. The monoisotopic (exact) mass is 272 g/mol. The van der Waals surface area contributed by atoms with Gasteiger partial charge in [0, 0.05) is 12.6 Å². The van der Waals surface area contributed by atoms with Gasteiger partial charge in [-0.3, -0.25) is 0 Å². The van der Waals surface area contributed by atoms with Crippen LogP contribution in [0.4, 0.5) is 4.79 Å². The molecule has 6 nitrogen and oxygen atoms in total. The zero-order chi connectivity index (χ0) is 14.7. The van der Waals surface area contributed by atoms with Crippen molar-refractivity contribution in [3.8, 4) is 0 Å². The number of hydrogen-bond donors (Lipinski definition) is 3. The minimum atomic E-state index is -1.23. The number of carbonyl (C=O) groups excluding carboxylic acids is 1. The minimum absolute atomic E-state index is 0.0126. The molecule has 110 valence electrons. The summed E-state index contributed by atoms with van der Waals surface area (Å²) in [5.41, 5.74) is -1.48. The molecule has 0 aromatic rings. The molecule has 0 spiro atoms. The van der Waals surface area contributed by atoms with E-state index in [0.29, 0.717) is 13.0 Å². The van der Waals surface area contributed by atoms with E-state index in [-0.39, 0.29) is 11.6 Å². The number of carboxylic acid groups (broad SMARTS) is 1. The highest BCUT2D eigenvalue weighted by Crippen LogP contribution is 2.23. The van der Waals surface area contributed by atoms with E-state index in [0.717, 1.165) is 12.8 Å². The van der Waals surface area contributed by atoms with Crippen molar-refractivity contribution in [1.82, 2.24) is 10.6 Å². The Balaban J connectivity index is 2.53. The largest absolute Gasteiger partial charge is 0.480 e. The number of amides is 2. The summed E-state index contributed by atoms with van der Waals surface area (Å²) >= 11 is 0. The zero-order valence-electron chi connectivity index (χ0n) is 12.1. The molecule has 1 aliphatic heterocycles. The van der Waals surface area contributed by atoms with Crippen molar-refractivity contribution in [3.05, 3.63) is 0 Å². The van der Waals surface area contributed by atoms with Crippen molar-refractivity contribution < 1.29 is 19.4 Å². The molecule has 19 heavy (non-hydrogen) atoms. The van der Waals surface area contributed by atoms with Gasteiger partial charge in [0.15, 0.2) is 0 Å². The molecular formula is C13H24N2O4. The molecule has 0 bridgehead atoms. The van der Waals surface area contributed by atoms with Gasteiger partial charge in [0.1, 0.15) is 5.54 Å². The summed E-state index contributed by atoms with van der Waals surface area (Å²) in [4.78, 5) is 23.0. The fraction of sp³-hybridized carbons (Fsp3) is 0.846. The smallest absolute Gasteiger partial charge is 0.329 e. The summed E-state index contributed by atoms with van der Waals surface area (Å²) in [6.07, 6.45) is 1.79. The molecule has 1 aliphatic rings. The van der Waals surface area contributed by atoms with Crippen LogP contribution in [0.3, 0.4) is 0 Å². The molecule has 6 heteroatoms. The third-order valence-electron chi connectivity index (χ3n) is 3.60. The van der Waals surface area contributed by atoms with Crippen LogP contribution in [0.5, 0.6) is 0 Å². The molecule has 1 fully saturated rings. The van der Waals surface area contributed by atoms with Gasteiger partial charge in [-0.15, -0.1) is 0 Å². The maximum atomic E-state index is 11.9. The maximum absolute atomic E-state index is 11.9. The van der Waals surface area contributed by atoms with E-state index >= 15 is 0 Å². The molecule has 0 aliphatic carbocycles. The highest BCUT2D eigenvalue weighted by Gasteiger charge is 2.34. The van der Waals surface area contributed by atoms with Gasteiger partial charge in [-0.1, -0.05) is 6.92 Å². The molecule has 3 N–H and O–H groups in total. The fourth-order valence-corrected chi connectivity index (χ4v) is 2.12. The zero-order valence-corrected chi connectivity index (χ0v) is 12.1. The second-order valence-electron chi connectivity index (χ2n) is 5.89. The van der Waals surface area contributed by atoms with Crippen LogP contribution in [-0.4, -0.2) is 40.9 Å². The molecule has 2 atom stereocenters. The highest BCUT2D eigenvalue weighted by molar-refractivity contribution is 5.85. The van der Waals surface area contributed by atoms with Crippen LogP contribution < -0.4 is 10.6 Å². The van der Waals surface area contributed by atoms with Gasteiger partial charge < -0.3 is 20.5 Å². The standard InChI is InChI=1S/C13H24N2O4/c1-5-13(4,10(16)17)15-11(18)14-9-6-7-19-12(2,3)8-9/h9H,5-8H2,1-4H3,(H,16,17)(H2,14,15,18). The third-order valence-corrected chi connectivity index (χ3v) is 3.60. The summed E-state index contributed by atoms with van der Waals surface area (Å²) in [5, 5.41) is 14.5. The van der Waals surface area contributed by atoms with Crippen molar-refractivity contribution in [2.75, 3.05) is 6.61 Å². The number of carboxylic acids is 1. The second-order valence-corrected chi connectivity index (χ2v) is 5.89. The average molecular weight is 272 g/mol. The summed E-state index contributed by atoms with van der Waals surface area (Å²) in [6.45, 7) is 7.79. The summed E-state index contributed by atoms with van der Waals surface area (Å²) in [6, 6.07) is -0.423. The van der Waals surface area contributed by atoms with Crippen LogP contribution in [0.25, 0.3) is 0 Å². The molecule has 1 saturated heterocycles. The lowest BCUT2D eigenvalue weighted by Crippen LogP contribution is -2.57. The van der Waals surface area contributed by atoms with Crippen molar-refractivity contribution in [1.29, 1.82) is 0 Å². The quantitative estimate of drug-likeness (QED) is 0.723. The predicted molar refractivity (Wildman–Crippen MR) is 71.1 cm³/mol. The molecule has 0 saturated carbocycles. The Morgan fingerprint density at radius 3 is 2.58 bits per heavy atom. The van der Waals surface area contributed by atoms with Crippen LogP contribution in [0.15, 0.2) is 0 Å². The van der Waals surface area contributed by atoms with Gasteiger partial charge in [0.25, 0.3) is 0 Å². The topological polar surface area (TPSA) is 87.7 Å². The molecule has 1 rings (SSSR count). The minimum Gasteiger partial charge on any atom is -0.480 e. The van der Waals surface area contributed by atoms with Gasteiger partial charge >= 0.3 is 12.0 Å². The van der Waals surface area contributed by atoms with E-state index in [9.17, 15) is 9.59 Å². The number of ether oxygens (including phenoxy) is 1. The van der Waals surface area contributed by atoms with E-state index in [4.69, 9.17) is 9.84 Å². The normalized spacial score (nSPS) is 25.2. The number of rotatable bonds is 4. The Hall–Kier alpha value is -1.30. The highest BCUT2D eigenvalue weighted by atomic mass is 16.5. The molecule has 2 unspecified atom stereocenters. The lowest BCUT2D eigenvalue weighted by atomic mass is 9.94. The fourth-order valence-electron chi connectivity index (χ4n) is 2.12. The number of aliphatic carboxylic acids is 1. The average Bonchev–Trinajstić information content (AvgIpc) is 2.26. The summed E-state index contributed by atoms with van der Waals surface area (Å²) < 4.78 is 5.57. The number of nitrogens with one attached hydrogen (secondary N) is 2. The van der Waals surface area contributed by atoms with E-state index < -0.39 is 17.5 Å². The Kier molecular flexibility index (Phi) is 4.79.